The van der Waals surface area contributed by atoms with E-state index in [1.54, 1.807) is 12.1 Å². The molecule has 1 aliphatic rings. The van der Waals surface area contributed by atoms with E-state index >= 15 is 0 Å². The van der Waals surface area contributed by atoms with Crippen LogP contribution in [0, 0.1) is 0 Å². The fraction of sp³-hybridized carbons (Fsp3) is 0.571. The van der Waals surface area contributed by atoms with E-state index in [4.69, 9.17) is 0 Å². The summed E-state index contributed by atoms with van der Waals surface area (Å²) in [6.45, 7) is 3.39. The van der Waals surface area contributed by atoms with Gasteiger partial charge in [-0.15, -0.1) is 0 Å². The smallest absolute Gasteiger partial charge is 0.151 e. The Hall–Kier alpha value is -1.07. The third-order valence-corrected chi connectivity index (χ3v) is 5.43. The molecule has 1 atom stereocenters. The Morgan fingerprint density at radius 2 is 2.00 bits per heavy atom. The first-order valence-corrected chi connectivity index (χ1v) is 8.58. The number of phenolic OH excluding ortho intramolecular Hbond substituents is 1. The first kappa shape index (κ1) is 14.3. The van der Waals surface area contributed by atoms with Gasteiger partial charge in [0.05, 0.1) is 11.5 Å². The summed E-state index contributed by atoms with van der Waals surface area (Å²) >= 11 is 0. The summed E-state index contributed by atoms with van der Waals surface area (Å²) in [6, 6.07) is 7.41. The Bertz CT molecular complexity index is 527. The first-order chi connectivity index (χ1) is 9.03. The second kappa shape index (κ2) is 5.92. The summed E-state index contributed by atoms with van der Waals surface area (Å²) in [5.41, 5.74) is 0.893. The molecule has 5 heteroatoms. The van der Waals surface area contributed by atoms with Crippen LogP contribution in [0.4, 0.5) is 0 Å². The number of nitrogens with zero attached hydrogens (tertiary/aromatic N) is 1. The van der Waals surface area contributed by atoms with Gasteiger partial charge in [-0.1, -0.05) is 25.1 Å². The van der Waals surface area contributed by atoms with Gasteiger partial charge in [0.2, 0.25) is 0 Å². The number of para-hydroxylation sites is 1. The molecule has 0 spiro atoms. The highest BCUT2D eigenvalue weighted by atomic mass is 32.2. The second-order valence-corrected chi connectivity index (χ2v) is 7.33. The van der Waals surface area contributed by atoms with Crippen molar-refractivity contribution in [2.45, 2.75) is 25.8 Å². The maximum Gasteiger partial charge on any atom is 0.151 e. The van der Waals surface area contributed by atoms with Crippen LogP contribution in [0.15, 0.2) is 24.3 Å². The van der Waals surface area contributed by atoms with Gasteiger partial charge in [-0.2, -0.15) is 0 Å². The highest BCUT2D eigenvalue weighted by molar-refractivity contribution is 7.91. The van der Waals surface area contributed by atoms with Crippen molar-refractivity contribution in [3.8, 4) is 5.75 Å². The Labute approximate surface area is 115 Å². The molecule has 0 amide bonds. The van der Waals surface area contributed by atoms with E-state index in [2.05, 4.69) is 11.8 Å². The predicted molar refractivity (Wildman–Crippen MR) is 76.0 cm³/mol. The van der Waals surface area contributed by atoms with Gasteiger partial charge in [0, 0.05) is 18.2 Å². The topological polar surface area (TPSA) is 57.6 Å². The molecule has 0 saturated carbocycles. The summed E-state index contributed by atoms with van der Waals surface area (Å²) in [6.07, 6.45) is 1.53. The van der Waals surface area contributed by atoms with Crippen molar-refractivity contribution in [1.29, 1.82) is 0 Å². The largest absolute Gasteiger partial charge is 0.508 e. The van der Waals surface area contributed by atoms with Crippen molar-refractivity contribution in [2.24, 2.45) is 0 Å². The van der Waals surface area contributed by atoms with Crippen molar-refractivity contribution in [2.75, 3.05) is 24.6 Å². The van der Waals surface area contributed by atoms with Gasteiger partial charge in [0.1, 0.15) is 5.75 Å². The van der Waals surface area contributed by atoms with Crippen LogP contribution in [0.5, 0.6) is 5.75 Å². The minimum atomic E-state index is -2.89. The summed E-state index contributed by atoms with van der Waals surface area (Å²) in [7, 11) is -2.89. The summed E-state index contributed by atoms with van der Waals surface area (Å²) in [5.74, 6) is 0.791. The van der Waals surface area contributed by atoms with Crippen molar-refractivity contribution >= 4 is 9.84 Å². The summed E-state index contributed by atoms with van der Waals surface area (Å²) in [4.78, 5) is 2.18. The molecule has 1 aromatic carbocycles. The zero-order valence-corrected chi connectivity index (χ0v) is 12.1. The maximum atomic E-state index is 11.7. The van der Waals surface area contributed by atoms with Crippen LogP contribution in [0.1, 0.15) is 31.4 Å². The van der Waals surface area contributed by atoms with E-state index in [1.807, 2.05) is 12.1 Å². The second-order valence-electron chi connectivity index (χ2n) is 5.02. The number of sulfone groups is 1. The Balaban J connectivity index is 2.21. The van der Waals surface area contributed by atoms with E-state index in [1.165, 1.54) is 0 Å². The quantitative estimate of drug-likeness (QED) is 0.921. The number of phenols is 1. The molecule has 2 rings (SSSR count). The fourth-order valence-electron chi connectivity index (χ4n) is 2.71. The van der Waals surface area contributed by atoms with Crippen LogP contribution < -0.4 is 0 Å². The van der Waals surface area contributed by atoms with E-state index in [9.17, 15) is 13.5 Å². The third-order valence-electron chi connectivity index (χ3n) is 3.71. The van der Waals surface area contributed by atoms with E-state index in [-0.39, 0.29) is 17.5 Å². The number of hydrogen-bond acceptors (Lipinski definition) is 4. The van der Waals surface area contributed by atoms with Gasteiger partial charge < -0.3 is 5.11 Å². The normalized spacial score (nSPS) is 21.7. The van der Waals surface area contributed by atoms with Crippen LogP contribution in [-0.4, -0.2) is 43.0 Å². The van der Waals surface area contributed by atoms with Crippen LogP contribution in [-0.2, 0) is 9.84 Å². The molecule has 1 aromatic rings. The first-order valence-electron chi connectivity index (χ1n) is 6.76. The van der Waals surface area contributed by atoms with Crippen LogP contribution in [0.2, 0.25) is 0 Å². The molecule has 1 N–H and O–H groups in total. The highest BCUT2D eigenvalue weighted by Gasteiger charge is 2.25. The Kier molecular flexibility index (Phi) is 4.47. The molecule has 1 fully saturated rings. The fourth-order valence-corrected chi connectivity index (χ4v) is 4.00. The molecular formula is C14H21NO3S. The van der Waals surface area contributed by atoms with E-state index in [0.29, 0.717) is 18.7 Å². The molecular weight excluding hydrogens is 262 g/mol. The third kappa shape index (κ3) is 3.48. The molecule has 106 valence electrons. The summed E-state index contributed by atoms with van der Waals surface area (Å²) < 4.78 is 23.3. The molecule has 0 aliphatic carbocycles. The minimum absolute atomic E-state index is 0.0921. The lowest BCUT2D eigenvalue weighted by molar-refractivity contribution is 0.204. The van der Waals surface area contributed by atoms with Crippen LogP contribution in [0.3, 0.4) is 0 Å². The van der Waals surface area contributed by atoms with E-state index in [0.717, 1.165) is 18.5 Å². The number of hydrogen-bond donors (Lipinski definition) is 1. The molecule has 0 aromatic heterocycles. The molecule has 1 unspecified atom stereocenters. The molecule has 1 saturated heterocycles. The molecule has 0 radical (unpaired) electrons. The van der Waals surface area contributed by atoms with Gasteiger partial charge in [-0.25, -0.2) is 8.42 Å². The number of aromatic hydroxyl groups is 1. The average Bonchev–Trinajstić information content (AvgIpc) is 2.54. The summed E-state index contributed by atoms with van der Waals surface area (Å²) in [5, 5.41) is 9.97. The Morgan fingerprint density at radius 1 is 1.26 bits per heavy atom. The maximum absolute atomic E-state index is 11.7. The van der Waals surface area contributed by atoms with Crippen molar-refractivity contribution in [3.05, 3.63) is 29.8 Å². The highest BCUT2D eigenvalue weighted by Crippen LogP contribution is 2.31. The lowest BCUT2D eigenvalue weighted by Gasteiger charge is -2.30. The van der Waals surface area contributed by atoms with Crippen LogP contribution in [0.25, 0.3) is 0 Å². The number of rotatable bonds is 3. The molecule has 1 heterocycles. The monoisotopic (exact) mass is 283 g/mol. The lowest BCUT2D eigenvalue weighted by Crippen LogP contribution is -2.31. The molecule has 0 bridgehead atoms. The molecule has 4 nitrogen and oxygen atoms in total. The van der Waals surface area contributed by atoms with Gasteiger partial charge in [-0.3, -0.25) is 4.90 Å². The lowest BCUT2D eigenvalue weighted by atomic mass is 10.0. The van der Waals surface area contributed by atoms with Gasteiger partial charge in [-0.05, 0) is 25.5 Å². The zero-order chi connectivity index (χ0) is 13.9. The average molecular weight is 283 g/mol. The minimum Gasteiger partial charge on any atom is -0.508 e. The molecule has 1 aliphatic heterocycles. The van der Waals surface area contributed by atoms with Gasteiger partial charge in [0.25, 0.3) is 0 Å². The van der Waals surface area contributed by atoms with E-state index < -0.39 is 9.84 Å². The molecule has 19 heavy (non-hydrogen) atoms. The van der Waals surface area contributed by atoms with Gasteiger partial charge >= 0.3 is 0 Å². The SMILES string of the molecule is CCC(c1ccccc1O)N1CCCS(=O)(=O)CC1. The van der Waals surface area contributed by atoms with Crippen molar-refractivity contribution in [3.63, 3.8) is 0 Å². The predicted octanol–water partition coefficient (Wildman–Crippen LogP) is 1.96. The number of benzene rings is 1. The van der Waals surface area contributed by atoms with Crippen molar-refractivity contribution < 1.29 is 13.5 Å². The zero-order valence-electron chi connectivity index (χ0n) is 11.2. The standard InChI is InChI=1S/C14H21NO3S/c1-2-13(12-6-3-4-7-14(12)16)15-8-5-10-19(17,18)11-9-15/h3-4,6-7,13,16H,2,5,8-11H2,1H3. The Morgan fingerprint density at radius 3 is 2.68 bits per heavy atom. The van der Waals surface area contributed by atoms with Crippen molar-refractivity contribution in [1.82, 2.24) is 4.90 Å². The van der Waals surface area contributed by atoms with Gasteiger partial charge in [0.15, 0.2) is 9.84 Å². The van der Waals surface area contributed by atoms with Crippen LogP contribution >= 0.6 is 0 Å².